The molecule has 0 spiro atoms. The zero-order valence-corrected chi connectivity index (χ0v) is 35.6. The molecule has 0 unspecified atom stereocenters. The van der Waals surface area contributed by atoms with Crippen LogP contribution in [0.1, 0.15) is 0 Å². The van der Waals surface area contributed by atoms with E-state index in [0.717, 1.165) is 110 Å². The van der Waals surface area contributed by atoms with Crippen molar-refractivity contribution in [3.63, 3.8) is 0 Å². The molecule has 308 valence electrons. The van der Waals surface area contributed by atoms with Crippen molar-refractivity contribution in [2.24, 2.45) is 0 Å². The quantitative estimate of drug-likeness (QED) is 0.160. The van der Waals surface area contributed by atoms with Crippen molar-refractivity contribution in [2.45, 2.75) is 0 Å². The Balaban J connectivity index is 0.941. The topological polar surface area (TPSA) is 56.7 Å². The first-order chi connectivity index (χ1) is 32.7. The summed E-state index contributed by atoms with van der Waals surface area (Å²) in [5.74, 6) is 1.86. The van der Waals surface area contributed by atoms with Crippen LogP contribution in [-0.4, -0.2) is 19.5 Å². The van der Waals surface area contributed by atoms with Crippen molar-refractivity contribution < 1.29 is 4.42 Å². The van der Waals surface area contributed by atoms with Crippen molar-refractivity contribution >= 4 is 54.5 Å². The van der Waals surface area contributed by atoms with Gasteiger partial charge in [-0.25, -0.2) is 15.0 Å². The van der Waals surface area contributed by atoms with E-state index in [9.17, 15) is 0 Å². The van der Waals surface area contributed by atoms with Gasteiger partial charge in [-0.05, 0) is 87.1 Å². The third kappa shape index (κ3) is 6.28. The van der Waals surface area contributed by atoms with Gasteiger partial charge in [-0.3, -0.25) is 0 Å². The lowest BCUT2D eigenvalue weighted by Gasteiger charge is -2.12. The highest BCUT2D eigenvalue weighted by atomic mass is 16.3. The number of aromatic nitrogens is 4. The maximum atomic E-state index is 6.43. The van der Waals surface area contributed by atoms with E-state index in [4.69, 9.17) is 19.4 Å². The normalized spacial score (nSPS) is 11.6. The van der Waals surface area contributed by atoms with E-state index < -0.39 is 0 Å². The fourth-order valence-electron chi connectivity index (χ4n) is 9.78. The number of para-hydroxylation sites is 4. The maximum Gasteiger partial charge on any atom is 0.164 e. The molecule has 10 aromatic carbocycles. The van der Waals surface area contributed by atoms with Gasteiger partial charge in [0, 0.05) is 49.5 Å². The monoisotopic (exact) mass is 842 g/mol. The first kappa shape index (κ1) is 37.6. The van der Waals surface area contributed by atoms with Crippen LogP contribution in [-0.2, 0) is 0 Å². The molecule has 3 heterocycles. The fourth-order valence-corrected chi connectivity index (χ4v) is 9.78. The number of benzene rings is 10. The Morgan fingerprint density at radius 1 is 0.318 bits per heavy atom. The zero-order valence-electron chi connectivity index (χ0n) is 35.6. The van der Waals surface area contributed by atoms with Crippen molar-refractivity contribution in [3.05, 3.63) is 231 Å². The number of fused-ring (bicyclic) bond motifs is 7. The summed E-state index contributed by atoms with van der Waals surface area (Å²) in [7, 11) is 0. The average molecular weight is 843 g/mol. The summed E-state index contributed by atoms with van der Waals surface area (Å²) in [5.41, 5.74) is 14.5. The molecular weight excluding hydrogens is 805 g/mol. The fraction of sp³-hybridized carbons (Fsp3) is 0. The largest absolute Gasteiger partial charge is 0.455 e. The molecule has 0 atom stereocenters. The van der Waals surface area contributed by atoms with Crippen molar-refractivity contribution in [1.29, 1.82) is 0 Å². The standard InChI is InChI=1S/C61H38N4O/c1-2-24-46(25-3-1)65-54-33-8-6-28-52(54)57-53(32-15-34-55(57)65)61-63-59(62-60(64-61)51-31-13-17-39-16-4-5-26-47(39)51)45-23-12-21-43(38-45)41-19-10-18-40(36-41)42-20-11-22-44(37-42)48-29-14-30-50-49-27-7-9-35-56(49)66-58(48)50/h1-38H. The van der Waals surface area contributed by atoms with Gasteiger partial charge in [-0.15, -0.1) is 0 Å². The summed E-state index contributed by atoms with van der Waals surface area (Å²) in [6, 6.07) is 81.0. The van der Waals surface area contributed by atoms with Gasteiger partial charge in [-0.2, -0.15) is 0 Å². The molecule has 0 aliphatic carbocycles. The molecule has 0 aliphatic heterocycles. The highest BCUT2D eigenvalue weighted by molar-refractivity contribution is 6.15. The summed E-state index contributed by atoms with van der Waals surface area (Å²) in [5, 5.41) is 6.71. The third-order valence-electron chi connectivity index (χ3n) is 12.8. The predicted molar refractivity (Wildman–Crippen MR) is 272 cm³/mol. The first-order valence-electron chi connectivity index (χ1n) is 22.3. The van der Waals surface area contributed by atoms with E-state index in [1.807, 2.05) is 12.1 Å². The lowest BCUT2D eigenvalue weighted by Crippen LogP contribution is -2.01. The number of nitrogens with zero attached hydrogens (tertiary/aromatic N) is 4. The molecule has 0 fully saturated rings. The summed E-state index contributed by atoms with van der Waals surface area (Å²) in [6.45, 7) is 0. The second kappa shape index (κ2) is 15.4. The van der Waals surface area contributed by atoms with E-state index >= 15 is 0 Å². The molecule has 0 N–H and O–H groups in total. The van der Waals surface area contributed by atoms with E-state index in [-0.39, 0.29) is 0 Å². The van der Waals surface area contributed by atoms with Crippen molar-refractivity contribution in [2.75, 3.05) is 0 Å². The molecule has 0 radical (unpaired) electrons. The average Bonchev–Trinajstić information content (AvgIpc) is 3.95. The molecule has 0 amide bonds. The summed E-state index contributed by atoms with van der Waals surface area (Å²) in [4.78, 5) is 16.0. The van der Waals surface area contributed by atoms with Crippen LogP contribution in [0.25, 0.3) is 128 Å². The van der Waals surface area contributed by atoms with Crippen molar-refractivity contribution in [1.82, 2.24) is 19.5 Å². The lowest BCUT2D eigenvalue weighted by molar-refractivity contribution is 0.670. The Kier molecular flexibility index (Phi) is 8.78. The molecule has 13 aromatic rings. The van der Waals surface area contributed by atoms with Crippen LogP contribution in [0.2, 0.25) is 0 Å². The van der Waals surface area contributed by atoms with Gasteiger partial charge < -0.3 is 8.98 Å². The Morgan fingerprint density at radius 3 is 1.62 bits per heavy atom. The van der Waals surface area contributed by atoms with Crippen LogP contribution < -0.4 is 0 Å². The van der Waals surface area contributed by atoms with E-state index in [0.29, 0.717) is 17.5 Å². The maximum absolute atomic E-state index is 6.43. The molecule has 0 saturated heterocycles. The smallest absolute Gasteiger partial charge is 0.164 e. The summed E-state index contributed by atoms with van der Waals surface area (Å²) >= 11 is 0. The molecule has 5 heteroatoms. The Bertz CT molecular complexity index is 4010. The summed E-state index contributed by atoms with van der Waals surface area (Å²) in [6.07, 6.45) is 0. The zero-order chi connectivity index (χ0) is 43.6. The second-order valence-electron chi connectivity index (χ2n) is 16.7. The van der Waals surface area contributed by atoms with Gasteiger partial charge in [0.05, 0.1) is 11.0 Å². The minimum Gasteiger partial charge on any atom is -0.455 e. The van der Waals surface area contributed by atoms with E-state index in [1.54, 1.807) is 0 Å². The van der Waals surface area contributed by atoms with Crippen LogP contribution in [0.15, 0.2) is 235 Å². The highest BCUT2D eigenvalue weighted by Gasteiger charge is 2.21. The molecule has 0 bridgehead atoms. The molecule has 3 aromatic heterocycles. The molecule has 0 aliphatic rings. The molecule has 0 saturated carbocycles. The minimum atomic E-state index is 0.609. The van der Waals surface area contributed by atoms with Gasteiger partial charge in [0.15, 0.2) is 17.5 Å². The highest BCUT2D eigenvalue weighted by Crippen LogP contribution is 2.41. The Morgan fingerprint density at radius 2 is 0.818 bits per heavy atom. The van der Waals surface area contributed by atoms with Crippen molar-refractivity contribution in [3.8, 4) is 73.2 Å². The second-order valence-corrected chi connectivity index (χ2v) is 16.7. The van der Waals surface area contributed by atoms with E-state index in [1.165, 1.54) is 0 Å². The molecule has 66 heavy (non-hydrogen) atoms. The van der Waals surface area contributed by atoms with Gasteiger partial charge in [0.1, 0.15) is 11.2 Å². The molecule has 13 rings (SSSR count). The number of hydrogen-bond acceptors (Lipinski definition) is 4. The molecule has 5 nitrogen and oxygen atoms in total. The van der Waals surface area contributed by atoms with Gasteiger partial charge in [0.2, 0.25) is 0 Å². The number of rotatable bonds is 7. The van der Waals surface area contributed by atoms with Crippen LogP contribution in [0.4, 0.5) is 0 Å². The Labute approximate surface area is 380 Å². The Hall–Kier alpha value is -8.93. The van der Waals surface area contributed by atoms with Gasteiger partial charge in [-0.1, -0.05) is 182 Å². The van der Waals surface area contributed by atoms with Gasteiger partial charge in [0.25, 0.3) is 0 Å². The van der Waals surface area contributed by atoms with E-state index in [2.05, 4.69) is 223 Å². The SMILES string of the molecule is c1ccc(-n2c3ccccc3c3c(-c4nc(-c5cccc(-c6cccc(-c7cccc(-c8cccc9c8oc8ccccc89)c7)c6)c5)nc(-c5cccc6ccccc56)n4)cccc32)cc1. The predicted octanol–water partition coefficient (Wildman–Crippen LogP) is 16.0. The summed E-state index contributed by atoms with van der Waals surface area (Å²) < 4.78 is 8.76. The minimum absolute atomic E-state index is 0.609. The van der Waals surface area contributed by atoms with Gasteiger partial charge >= 0.3 is 0 Å². The van der Waals surface area contributed by atoms with Crippen LogP contribution in [0, 0.1) is 0 Å². The lowest BCUT2D eigenvalue weighted by atomic mass is 9.95. The number of hydrogen-bond donors (Lipinski definition) is 0. The number of furan rings is 1. The first-order valence-corrected chi connectivity index (χ1v) is 22.3. The van der Waals surface area contributed by atoms with Crippen LogP contribution >= 0.6 is 0 Å². The van der Waals surface area contributed by atoms with Crippen LogP contribution in [0.3, 0.4) is 0 Å². The van der Waals surface area contributed by atoms with Crippen LogP contribution in [0.5, 0.6) is 0 Å². The third-order valence-corrected chi connectivity index (χ3v) is 12.8. The molecular formula is C61H38N4O.